The molecular formula is C17H18BrN3O. The monoisotopic (exact) mass is 359 g/mol. The minimum atomic E-state index is -0.108. The van der Waals surface area contributed by atoms with E-state index in [-0.39, 0.29) is 5.91 Å². The van der Waals surface area contributed by atoms with Crippen LogP contribution in [0.25, 0.3) is 0 Å². The molecule has 1 amide bonds. The highest BCUT2D eigenvalue weighted by atomic mass is 79.9. The normalized spacial score (nSPS) is 14.7. The number of nitrogens with zero attached hydrogens (tertiary/aromatic N) is 2. The molecule has 0 radical (unpaired) electrons. The standard InChI is InChI=1S/C17H18BrN3O/c18-14-4-6-15(7-5-14)20-17(22)13-8-9-19-16(12-13)21-10-2-1-3-11-21/h4-9,12H,1-3,10-11H2,(H,20,22). The first-order chi connectivity index (χ1) is 10.7. The molecule has 0 saturated carbocycles. The molecule has 1 aromatic heterocycles. The van der Waals surface area contributed by atoms with E-state index >= 15 is 0 Å². The minimum Gasteiger partial charge on any atom is -0.357 e. The van der Waals surface area contributed by atoms with Crippen molar-refractivity contribution in [2.45, 2.75) is 19.3 Å². The third-order valence-corrected chi connectivity index (χ3v) is 4.32. The van der Waals surface area contributed by atoms with E-state index in [0.29, 0.717) is 5.56 Å². The second-order valence-corrected chi connectivity index (χ2v) is 6.33. The molecule has 1 aliphatic heterocycles. The molecule has 1 aromatic carbocycles. The Bertz CT molecular complexity index is 651. The maximum atomic E-state index is 12.4. The number of anilines is 2. The maximum Gasteiger partial charge on any atom is 0.255 e. The number of piperidine rings is 1. The molecule has 0 unspecified atom stereocenters. The van der Waals surface area contributed by atoms with Crippen molar-refractivity contribution in [3.05, 3.63) is 52.6 Å². The summed E-state index contributed by atoms with van der Waals surface area (Å²) in [6.45, 7) is 2.04. The van der Waals surface area contributed by atoms with Crippen LogP contribution in [-0.2, 0) is 0 Å². The van der Waals surface area contributed by atoms with Gasteiger partial charge < -0.3 is 10.2 Å². The van der Waals surface area contributed by atoms with Gasteiger partial charge in [0.15, 0.2) is 0 Å². The number of halogens is 1. The van der Waals surface area contributed by atoms with E-state index in [4.69, 9.17) is 0 Å². The lowest BCUT2D eigenvalue weighted by atomic mass is 10.1. The molecule has 3 rings (SSSR count). The van der Waals surface area contributed by atoms with E-state index < -0.39 is 0 Å². The first-order valence-electron chi connectivity index (χ1n) is 7.50. The number of rotatable bonds is 3. The van der Waals surface area contributed by atoms with Crippen LogP contribution >= 0.6 is 15.9 Å². The van der Waals surface area contributed by atoms with E-state index in [1.54, 1.807) is 12.3 Å². The highest BCUT2D eigenvalue weighted by Crippen LogP contribution is 2.19. The Morgan fingerprint density at radius 1 is 1.09 bits per heavy atom. The molecule has 0 spiro atoms. The Morgan fingerprint density at radius 2 is 1.82 bits per heavy atom. The van der Waals surface area contributed by atoms with Gasteiger partial charge >= 0.3 is 0 Å². The van der Waals surface area contributed by atoms with Crippen LogP contribution in [0.1, 0.15) is 29.6 Å². The first kappa shape index (κ1) is 15.0. The predicted molar refractivity (Wildman–Crippen MR) is 92.4 cm³/mol. The molecule has 0 atom stereocenters. The number of hydrogen-bond acceptors (Lipinski definition) is 3. The quantitative estimate of drug-likeness (QED) is 0.897. The summed E-state index contributed by atoms with van der Waals surface area (Å²) in [5.41, 5.74) is 1.42. The molecule has 1 N–H and O–H groups in total. The number of amides is 1. The number of pyridine rings is 1. The van der Waals surface area contributed by atoms with Gasteiger partial charge in [0.2, 0.25) is 0 Å². The maximum absolute atomic E-state index is 12.4. The minimum absolute atomic E-state index is 0.108. The fraction of sp³-hybridized carbons (Fsp3) is 0.294. The summed E-state index contributed by atoms with van der Waals surface area (Å²) in [6.07, 6.45) is 5.37. The Kier molecular flexibility index (Phi) is 4.73. The summed E-state index contributed by atoms with van der Waals surface area (Å²) >= 11 is 3.38. The number of aromatic nitrogens is 1. The fourth-order valence-electron chi connectivity index (χ4n) is 2.59. The predicted octanol–water partition coefficient (Wildman–Crippen LogP) is 4.09. The second kappa shape index (κ2) is 6.92. The zero-order valence-electron chi connectivity index (χ0n) is 12.3. The second-order valence-electron chi connectivity index (χ2n) is 5.41. The third-order valence-electron chi connectivity index (χ3n) is 3.79. The molecule has 1 aliphatic rings. The average Bonchev–Trinajstić information content (AvgIpc) is 2.58. The van der Waals surface area contributed by atoms with E-state index in [1.807, 2.05) is 30.3 Å². The lowest BCUT2D eigenvalue weighted by Crippen LogP contribution is -2.30. The number of carbonyl (C=O) groups is 1. The summed E-state index contributed by atoms with van der Waals surface area (Å²) in [5.74, 6) is 0.783. The van der Waals surface area contributed by atoms with Gasteiger partial charge in [0.05, 0.1) is 0 Å². The molecule has 2 aromatic rings. The van der Waals surface area contributed by atoms with Crippen LogP contribution in [0.4, 0.5) is 11.5 Å². The van der Waals surface area contributed by atoms with Crippen LogP contribution in [0.15, 0.2) is 47.1 Å². The van der Waals surface area contributed by atoms with Crippen molar-refractivity contribution in [1.29, 1.82) is 0 Å². The van der Waals surface area contributed by atoms with Gasteiger partial charge in [-0.1, -0.05) is 15.9 Å². The Balaban J connectivity index is 1.73. The Labute approximate surface area is 138 Å². The van der Waals surface area contributed by atoms with Crippen molar-refractivity contribution in [3.8, 4) is 0 Å². The molecule has 114 valence electrons. The molecule has 0 aliphatic carbocycles. The van der Waals surface area contributed by atoms with Crippen LogP contribution < -0.4 is 10.2 Å². The molecule has 5 heteroatoms. The van der Waals surface area contributed by atoms with E-state index in [9.17, 15) is 4.79 Å². The van der Waals surface area contributed by atoms with Crippen LogP contribution in [-0.4, -0.2) is 24.0 Å². The lowest BCUT2D eigenvalue weighted by molar-refractivity contribution is 0.102. The zero-order valence-corrected chi connectivity index (χ0v) is 13.8. The van der Waals surface area contributed by atoms with Gasteiger partial charge in [0, 0.05) is 35.0 Å². The van der Waals surface area contributed by atoms with Gasteiger partial charge in [0.1, 0.15) is 5.82 Å². The molecule has 1 fully saturated rings. The van der Waals surface area contributed by atoms with Crippen molar-refractivity contribution in [2.24, 2.45) is 0 Å². The van der Waals surface area contributed by atoms with Crippen LogP contribution in [0, 0.1) is 0 Å². The number of hydrogen-bond donors (Lipinski definition) is 1. The van der Waals surface area contributed by atoms with Crippen LogP contribution in [0.3, 0.4) is 0 Å². The summed E-state index contributed by atoms with van der Waals surface area (Å²) in [6, 6.07) is 11.2. The van der Waals surface area contributed by atoms with Gasteiger partial charge in [-0.05, 0) is 55.7 Å². The van der Waals surface area contributed by atoms with Crippen molar-refractivity contribution >= 4 is 33.3 Å². The summed E-state index contributed by atoms with van der Waals surface area (Å²) < 4.78 is 0.988. The van der Waals surface area contributed by atoms with Gasteiger partial charge in [-0.2, -0.15) is 0 Å². The Morgan fingerprint density at radius 3 is 2.55 bits per heavy atom. The summed E-state index contributed by atoms with van der Waals surface area (Å²) in [5, 5.41) is 2.91. The van der Waals surface area contributed by atoms with E-state index in [1.165, 1.54) is 19.3 Å². The fourth-order valence-corrected chi connectivity index (χ4v) is 2.86. The van der Waals surface area contributed by atoms with Crippen molar-refractivity contribution in [2.75, 3.05) is 23.3 Å². The number of benzene rings is 1. The number of nitrogens with one attached hydrogen (secondary N) is 1. The number of carbonyl (C=O) groups excluding carboxylic acids is 1. The van der Waals surface area contributed by atoms with E-state index in [0.717, 1.165) is 29.1 Å². The topological polar surface area (TPSA) is 45.2 Å². The van der Waals surface area contributed by atoms with Crippen LogP contribution in [0.5, 0.6) is 0 Å². The van der Waals surface area contributed by atoms with Crippen molar-refractivity contribution < 1.29 is 4.79 Å². The lowest BCUT2D eigenvalue weighted by Gasteiger charge is -2.27. The van der Waals surface area contributed by atoms with Crippen molar-refractivity contribution in [3.63, 3.8) is 0 Å². The van der Waals surface area contributed by atoms with Gasteiger partial charge in [-0.15, -0.1) is 0 Å². The third kappa shape index (κ3) is 3.65. The SMILES string of the molecule is O=C(Nc1ccc(Br)cc1)c1ccnc(N2CCCCC2)c1. The smallest absolute Gasteiger partial charge is 0.255 e. The molecule has 4 nitrogen and oxygen atoms in total. The molecule has 1 saturated heterocycles. The first-order valence-corrected chi connectivity index (χ1v) is 8.29. The Hall–Kier alpha value is -1.88. The average molecular weight is 360 g/mol. The van der Waals surface area contributed by atoms with Gasteiger partial charge in [0.25, 0.3) is 5.91 Å². The largest absolute Gasteiger partial charge is 0.357 e. The summed E-state index contributed by atoms with van der Waals surface area (Å²) in [7, 11) is 0. The summed E-state index contributed by atoms with van der Waals surface area (Å²) in [4.78, 5) is 19.0. The molecule has 0 bridgehead atoms. The van der Waals surface area contributed by atoms with Gasteiger partial charge in [-0.3, -0.25) is 4.79 Å². The highest BCUT2D eigenvalue weighted by molar-refractivity contribution is 9.10. The van der Waals surface area contributed by atoms with E-state index in [2.05, 4.69) is 31.1 Å². The highest BCUT2D eigenvalue weighted by Gasteiger charge is 2.14. The van der Waals surface area contributed by atoms with Crippen LogP contribution in [0.2, 0.25) is 0 Å². The zero-order chi connectivity index (χ0) is 15.4. The van der Waals surface area contributed by atoms with Gasteiger partial charge in [-0.25, -0.2) is 4.98 Å². The van der Waals surface area contributed by atoms with Crippen molar-refractivity contribution in [1.82, 2.24) is 4.98 Å². The molecular weight excluding hydrogens is 342 g/mol. The molecule has 2 heterocycles. The molecule has 22 heavy (non-hydrogen) atoms.